The molecule has 1 rings (SSSR count). The molecule has 0 aliphatic carbocycles. The fraction of sp³-hybridized carbons (Fsp3) is 0.417. The number of carbonyl (C=O) groups excluding carboxylic acids is 1. The Kier molecular flexibility index (Phi) is 4.79. The number of benzene rings is 1. The van der Waals surface area contributed by atoms with E-state index in [9.17, 15) is 4.79 Å². The number of hydrogen-bond donors (Lipinski definition) is 0. The van der Waals surface area contributed by atoms with Crippen LogP contribution < -0.4 is 0 Å². The molecule has 0 fully saturated rings. The van der Waals surface area contributed by atoms with Crippen molar-refractivity contribution < 1.29 is 4.79 Å². The van der Waals surface area contributed by atoms with Crippen molar-refractivity contribution in [3.63, 3.8) is 0 Å². The number of rotatable bonds is 5. The van der Waals surface area contributed by atoms with Crippen LogP contribution in [0.25, 0.3) is 0 Å². The summed E-state index contributed by atoms with van der Waals surface area (Å²) in [5.74, 6) is 0. The first-order valence-electron chi connectivity index (χ1n) is 5.05. The number of halogens is 1. The topological polar surface area (TPSA) is 20.3 Å². The molecule has 1 unspecified atom stereocenters. The Hall–Kier alpha value is -0.860. The Balaban J connectivity index is 2.71. The van der Waals surface area contributed by atoms with E-state index < -0.39 is 0 Å². The van der Waals surface area contributed by atoms with Gasteiger partial charge in [-0.1, -0.05) is 29.8 Å². The molecule has 0 aromatic heterocycles. The quantitative estimate of drug-likeness (QED) is 0.719. The van der Waals surface area contributed by atoms with Crippen LogP contribution in [0.5, 0.6) is 0 Å². The maximum atomic E-state index is 10.3. The molecule has 82 valence electrons. The second kappa shape index (κ2) is 5.89. The maximum Gasteiger partial charge on any atom is 0.121 e. The predicted molar refractivity (Wildman–Crippen MR) is 63.2 cm³/mol. The molecule has 0 heterocycles. The number of carbonyl (C=O) groups is 1. The number of nitrogens with zero attached hydrogens (tertiary/aromatic N) is 1. The Morgan fingerprint density at radius 3 is 2.73 bits per heavy atom. The van der Waals surface area contributed by atoms with E-state index in [1.807, 2.05) is 31.3 Å². The number of aldehydes is 1. The second-order valence-electron chi connectivity index (χ2n) is 3.63. The highest BCUT2D eigenvalue weighted by molar-refractivity contribution is 6.31. The molecule has 0 aliphatic rings. The van der Waals surface area contributed by atoms with Gasteiger partial charge in [-0.2, -0.15) is 0 Å². The summed E-state index contributed by atoms with van der Waals surface area (Å²) < 4.78 is 0. The molecule has 0 spiro atoms. The van der Waals surface area contributed by atoms with Gasteiger partial charge >= 0.3 is 0 Å². The predicted octanol–water partition coefficient (Wildman–Crippen LogP) is 2.92. The summed E-state index contributed by atoms with van der Waals surface area (Å²) in [6.07, 6.45) is 1.50. The van der Waals surface area contributed by atoms with Gasteiger partial charge in [0, 0.05) is 24.0 Å². The van der Waals surface area contributed by atoms with Crippen molar-refractivity contribution >= 4 is 17.9 Å². The molecule has 0 amide bonds. The molecule has 0 bridgehead atoms. The van der Waals surface area contributed by atoms with Crippen molar-refractivity contribution in [3.05, 3.63) is 34.9 Å². The zero-order valence-electron chi connectivity index (χ0n) is 9.11. The van der Waals surface area contributed by atoms with Crippen molar-refractivity contribution in [2.75, 3.05) is 13.6 Å². The maximum absolute atomic E-state index is 10.3. The minimum Gasteiger partial charge on any atom is -0.303 e. The second-order valence-corrected chi connectivity index (χ2v) is 4.04. The smallest absolute Gasteiger partial charge is 0.121 e. The first-order chi connectivity index (χ1) is 7.16. The van der Waals surface area contributed by atoms with E-state index in [-0.39, 0.29) is 6.04 Å². The molecule has 0 saturated heterocycles. The molecule has 0 radical (unpaired) electrons. The molecule has 0 saturated carbocycles. The van der Waals surface area contributed by atoms with Crippen LogP contribution in [0.2, 0.25) is 5.02 Å². The van der Waals surface area contributed by atoms with Gasteiger partial charge in [0.05, 0.1) is 0 Å². The fourth-order valence-corrected chi connectivity index (χ4v) is 1.79. The van der Waals surface area contributed by atoms with Crippen LogP contribution in [0.4, 0.5) is 0 Å². The third-order valence-electron chi connectivity index (χ3n) is 2.62. The molecule has 3 heteroatoms. The summed E-state index contributed by atoms with van der Waals surface area (Å²) in [6, 6.07) is 8.04. The van der Waals surface area contributed by atoms with Gasteiger partial charge in [-0.15, -0.1) is 0 Å². The Bertz CT molecular complexity index is 327. The molecule has 1 aromatic carbocycles. The first-order valence-corrected chi connectivity index (χ1v) is 5.43. The third-order valence-corrected chi connectivity index (χ3v) is 2.96. The fourth-order valence-electron chi connectivity index (χ4n) is 1.50. The highest BCUT2D eigenvalue weighted by atomic mass is 35.5. The van der Waals surface area contributed by atoms with E-state index in [2.05, 4.69) is 11.8 Å². The lowest BCUT2D eigenvalue weighted by Gasteiger charge is -2.24. The number of hydrogen-bond acceptors (Lipinski definition) is 2. The Morgan fingerprint density at radius 2 is 2.13 bits per heavy atom. The van der Waals surface area contributed by atoms with E-state index in [4.69, 9.17) is 11.6 Å². The highest BCUT2D eigenvalue weighted by Crippen LogP contribution is 2.25. The van der Waals surface area contributed by atoms with E-state index in [1.54, 1.807) is 0 Å². The summed E-state index contributed by atoms with van der Waals surface area (Å²) in [4.78, 5) is 12.4. The summed E-state index contributed by atoms with van der Waals surface area (Å²) in [5.41, 5.74) is 1.10. The SMILES string of the molecule is CC(c1ccccc1Cl)N(C)CCC=O. The average molecular weight is 226 g/mol. The van der Waals surface area contributed by atoms with E-state index in [0.717, 1.165) is 23.4 Å². The largest absolute Gasteiger partial charge is 0.303 e. The normalized spacial score (nSPS) is 12.8. The summed E-state index contributed by atoms with van der Waals surface area (Å²) in [5, 5.41) is 0.781. The molecule has 2 nitrogen and oxygen atoms in total. The van der Waals surface area contributed by atoms with Crippen molar-refractivity contribution in [2.45, 2.75) is 19.4 Å². The van der Waals surface area contributed by atoms with Crippen LogP contribution in [0.15, 0.2) is 24.3 Å². The lowest BCUT2D eigenvalue weighted by Crippen LogP contribution is -2.24. The van der Waals surface area contributed by atoms with Crippen molar-refractivity contribution in [1.29, 1.82) is 0 Å². The third kappa shape index (κ3) is 3.33. The average Bonchev–Trinajstić information content (AvgIpc) is 2.25. The minimum atomic E-state index is 0.235. The van der Waals surface area contributed by atoms with Crippen LogP contribution in [-0.4, -0.2) is 24.8 Å². The van der Waals surface area contributed by atoms with E-state index >= 15 is 0 Å². The van der Waals surface area contributed by atoms with E-state index in [1.165, 1.54) is 0 Å². The van der Waals surface area contributed by atoms with Crippen molar-refractivity contribution in [2.24, 2.45) is 0 Å². The van der Waals surface area contributed by atoms with Gasteiger partial charge < -0.3 is 4.79 Å². The summed E-state index contributed by atoms with van der Waals surface area (Å²) >= 11 is 6.10. The molecule has 0 aliphatic heterocycles. The lowest BCUT2D eigenvalue weighted by atomic mass is 10.1. The van der Waals surface area contributed by atoms with Crippen LogP contribution in [-0.2, 0) is 4.79 Å². The van der Waals surface area contributed by atoms with Crippen molar-refractivity contribution in [3.8, 4) is 0 Å². The zero-order chi connectivity index (χ0) is 11.3. The van der Waals surface area contributed by atoms with Crippen LogP contribution in [0.1, 0.15) is 24.9 Å². The van der Waals surface area contributed by atoms with Gasteiger partial charge in [0.1, 0.15) is 6.29 Å². The lowest BCUT2D eigenvalue weighted by molar-refractivity contribution is -0.108. The molecule has 0 N–H and O–H groups in total. The molecule has 1 atom stereocenters. The molecular formula is C12H16ClNO. The van der Waals surface area contributed by atoms with Crippen LogP contribution in [0.3, 0.4) is 0 Å². The van der Waals surface area contributed by atoms with Gasteiger partial charge in [-0.05, 0) is 25.6 Å². The Labute approximate surface area is 95.8 Å². The van der Waals surface area contributed by atoms with Gasteiger partial charge in [0.25, 0.3) is 0 Å². The van der Waals surface area contributed by atoms with Crippen molar-refractivity contribution in [1.82, 2.24) is 4.90 Å². The highest BCUT2D eigenvalue weighted by Gasteiger charge is 2.13. The van der Waals surface area contributed by atoms with Crippen LogP contribution in [0, 0.1) is 0 Å². The van der Waals surface area contributed by atoms with Crippen LogP contribution >= 0.6 is 11.6 Å². The standard InChI is InChI=1S/C12H16ClNO/c1-10(14(2)8-5-9-15)11-6-3-4-7-12(11)13/h3-4,6-7,9-10H,5,8H2,1-2H3. The van der Waals surface area contributed by atoms with Gasteiger partial charge in [0.2, 0.25) is 0 Å². The first kappa shape index (κ1) is 12.2. The summed E-state index contributed by atoms with van der Waals surface area (Å²) in [6.45, 7) is 2.85. The summed E-state index contributed by atoms with van der Waals surface area (Å²) in [7, 11) is 2.00. The minimum absolute atomic E-state index is 0.235. The molecule has 15 heavy (non-hydrogen) atoms. The van der Waals surface area contributed by atoms with Gasteiger partial charge in [0.15, 0.2) is 0 Å². The molecule has 1 aromatic rings. The van der Waals surface area contributed by atoms with Gasteiger partial charge in [-0.25, -0.2) is 0 Å². The zero-order valence-corrected chi connectivity index (χ0v) is 9.87. The monoisotopic (exact) mass is 225 g/mol. The molecular weight excluding hydrogens is 210 g/mol. The Morgan fingerprint density at radius 1 is 1.47 bits per heavy atom. The van der Waals surface area contributed by atoms with E-state index in [0.29, 0.717) is 6.42 Å². The van der Waals surface area contributed by atoms with Gasteiger partial charge in [-0.3, -0.25) is 4.90 Å².